The van der Waals surface area contributed by atoms with Crippen LogP contribution >= 0.6 is 0 Å². The minimum atomic E-state index is -3.47. The predicted octanol–water partition coefficient (Wildman–Crippen LogP) is 2.07. The van der Waals surface area contributed by atoms with Crippen molar-refractivity contribution in [1.82, 2.24) is 4.72 Å². The molecule has 21 heavy (non-hydrogen) atoms. The van der Waals surface area contributed by atoms with Crippen LogP contribution in [-0.4, -0.2) is 32.8 Å². The highest BCUT2D eigenvalue weighted by molar-refractivity contribution is 7.90. The number of nitrogens with one attached hydrogen (secondary N) is 1. The van der Waals surface area contributed by atoms with Crippen LogP contribution in [0, 0.1) is 17.8 Å². The molecule has 2 rings (SSSR count). The van der Waals surface area contributed by atoms with E-state index in [0.717, 1.165) is 25.7 Å². The maximum Gasteiger partial charge on any atom is 0.310 e. The molecule has 0 spiro atoms. The molecule has 1 N–H and O–H groups in total. The summed E-state index contributed by atoms with van der Waals surface area (Å²) in [6, 6.07) is 0.00472. The zero-order valence-corrected chi connectivity index (χ0v) is 14.0. The van der Waals surface area contributed by atoms with Crippen LogP contribution in [0.15, 0.2) is 0 Å². The van der Waals surface area contributed by atoms with E-state index in [0.29, 0.717) is 24.7 Å². The molecule has 6 heteroatoms. The lowest BCUT2D eigenvalue weighted by atomic mass is 9.80. The van der Waals surface area contributed by atoms with Crippen molar-refractivity contribution in [1.29, 1.82) is 0 Å². The van der Waals surface area contributed by atoms with Gasteiger partial charge >= 0.3 is 5.97 Å². The van der Waals surface area contributed by atoms with Gasteiger partial charge in [-0.15, -0.1) is 0 Å². The first-order chi connectivity index (χ1) is 9.85. The van der Waals surface area contributed by atoms with E-state index in [-0.39, 0.29) is 6.04 Å². The summed E-state index contributed by atoms with van der Waals surface area (Å²) in [6.45, 7) is 4.32. The number of sulfonamides is 1. The molecular weight excluding hydrogens is 290 g/mol. The van der Waals surface area contributed by atoms with Crippen molar-refractivity contribution < 1.29 is 17.9 Å². The van der Waals surface area contributed by atoms with Gasteiger partial charge in [0.1, 0.15) is 0 Å². The van der Waals surface area contributed by atoms with Gasteiger partial charge < -0.3 is 4.74 Å². The van der Waals surface area contributed by atoms with Crippen LogP contribution in [0.3, 0.4) is 0 Å². The Balaban J connectivity index is 2.06. The van der Waals surface area contributed by atoms with Gasteiger partial charge in [-0.2, -0.15) is 0 Å². The van der Waals surface area contributed by atoms with Crippen molar-refractivity contribution in [2.45, 2.75) is 63.7 Å². The summed E-state index contributed by atoms with van der Waals surface area (Å²) >= 11 is 0. The highest BCUT2D eigenvalue weighted by atomic mass is 32.2. The number of methoxy groups -OCH3 is 1. The Kier molecular flexibility index (Phi) is 5.30. The average Bonchev–Trinajstić information content (AvgIpc) is 2.91. The van der Waals surface area contributed by atoms with Crippen molar-refractivity contribution >= 4 is 16.0 Å². The lowest BCUT2D eigenvalue weighted by molar-refractivity contribution is -0.145. The van der Waals surface area contributed by atoms with Gasteiger partial charge in [0, 0.05) is 6.04 Å². The lowest BCUT2D eigenvalue weighted by Gasteiger charge is -2.34. The summed E-state index contributed by atoms with van der Waals surface area (Å²) in [5.74, 6) is 0.107. The molecule has 5 atom stereocenters. The third-order valence-corrected chi connectivity index (χ3v) is 7.09. The van der Waals surface area contributed by atoms with E-state index in [2.05, 4.69) is 18.6 Å². The molecule has 0 aromatic heterocycles. The van der Waals surface area contributed by atoms with Crippen molar-refractivity contribution in [2.75, 3.05) is 7.11 Å². The minimum Gasteiger partial charge on any atom is -0.469 e. The summed E-state index contributed by atoms with van der Waals surface area (Å²) < 4.78 is 32.9. The van der Waals surface area contributed by atoms with Gasteiger partial charge in [-0.25, -0.2) is 13.1 Å². The van der Waals surface area contributed by atoms with E-state index >= 15 is 0 Å². The molecule has 0 bridgehead atoms. The maximum atomic E-state index is 12.6. The Morgan fingerprint density at radius 1 is 1.14 bits per heavy atom. The molecule has 2 aliphatic carbocycles. The Hall–Kier alpha value is -0.620. The van der Waals surface area contributed by atoms with Gasteiger partial charge in [0.05, 0.1) is 18.3 Å². The molecule has 0 radical (unpaired) electrons. The topological polar surface area (TPSA) is 72.5 Å². The van der Waals surface area contributed by atoms with E-state index in [9.17, 15) is 13.2 Å². The van der Waals surface area contributed by atoms with Crippen LogP contribution in [0.5, 0.6) is 0 Å². The van der Waals surface area contributed by atoms with E-state index in [4.69, 9.17) is 4.74 Å². The second-order valence-corrected chi connectivity index (χ2v) is 8.70. The number of carbonyl (C=O) groups excluding carboxylic acids is 1. The predicted molar refractivity (Wildman–Crippen MR) is 81.2 cm³/mol. The summed E-state index contributed by atoms with van der Waals surface area (Å²) in [4.78, 5) is 11.8. The number of ether oxygens (including phenoxy) is 1. The van der Waals surface area contributed by atoms with Gasteiger partial charge in [-0.1, -0.05) is 20.3 Å². The fraction of sp³-hybridized carbons (Fsp3) is 0.933. The zero-order chi connectivity index (χ0) is 15.6. The summed E-state index contributed by atoms with van der Waals surface area (Å²) in [5.41, 5.74) is 0. The molecule has 0 aliphatic heterocycles. The SMILES string of the molecule is COC(=O)C1CCCC1S(=O)(=O)NC1CCC(C)CC1C. The van der Waals surface area contributed by atoms with Crippen LogP contribution in [0.25, 0.3) is 0 Å². The summed E-state index contributed by atoms with van der Waals surface area (Å²) in [6.07, 6.45) is 4.92. The monoisotopic (exact) mass is 317 g/mol. The first kappa shape index (κ1) is 16.7. The second kappa shape index (κ2) is 6.65. The third kappa shape index (κ3) is 3.77. The Bertz CT molecular complexity index is 476. The van der Waals surface area contributed by atoms with E-state index in [1.807, 2.05) is 0 Å². The van der Waals surface area contributed by atoms with Crippen LogP contribution < -0.4 is 4.72 Å². The number of hydrogen-bond donors (Lipinski definition) is 1. The molecule has 0 heterocycles. The van der Waals surface area contributed by atoms with Gasteiger partial charge in [0.15, 0.2) is 0 Å². The largest absolute Gasteiger partial charge is 0.469 e. The first-order valence-corrected chi connectivity index (χ1v) is 9.48. The molecule has 2 saturated carbocycles. The fourth-order valence-corrected chi connectivity index (χ4v) is 5.96. The van der Waals surface area contributed by atoms with Gasteiger partial charge in [-0.05, 0) is 43.9 Å². The standard InChI is InChI=1S/C15H27NO4S/c1-10-7-8-13(11(2)9-10)16-21(18,19)14-6-4-5-12(14)15(17)20-3/h10-14,16H,4-9H2,1-3H3. The van der Waals surface area contributed by atoms with Crippen LogP contribution in [0.2, 0.25) is 0 Å². The Morgan fingerprint density at radius 2 is 1.86 bits per heavy atom. The normalized spacial score (nSPS) is 37.4. The number of hydrogen-bond acceptors (Lipinski definition) is 4. The van der Waals surface area contributed by atoms with E-state index < -0.39 is 27.2 Å². The maximum absolute atomic E-state index is 12.6. The smallest absolute Gasteiger partial charge is 0.310 e. The van der Waals surface area contributed by atoms with Gasteiger partial charge in [0.25, 0.3) is 0 Å². The molecule has 5 nitrogen and oxygen atoms in total. The van der Waals surface area contributed by atoms with Gasteiger partial charge in [0.2, 0.25) is 10.0 Å². The average molecular weight is 317 g/mol. The summed E-state index contributed by atoms with van der Waals surface area (Å²) in [7, 11) is -2.14. The quantitative estimate of drug-likeness (QED) is 0.806. The molecule has 122 valence electrons. The highest BCUT2D eigenvalue weighted by Gasteiger charge is 2.43. The fourth-order valence-electron chi connectivity index (χ4n) is 3.86. The van der Waals surface area contributed by atoms with Crippen molar-refractivity contribution in [3.63, 3.8) is 0 Å². The first-order valence-electron chi connectivity index (χ1n) is 7.94. The number of carbonyl (C=O) groups is 1. The number of esters is 1. The highest BCUT2D eigenvalue weighted by Crippen LogP contribution is 2.34. The zero-order valence-electron chi connectivity index (χ0n) is 13.2. The van der Waals surface area contributed by atoms with Crippen molar-refractivity contribution in [2.24, 2.45) is 17.8 Å². The van der Waals surface area contributed by atoms with Crippen molar-refractivity contribution in [3.05, 3.63) is 0 Å². The molecule has 0 aromatic rings. The Morgan fingerprint density at radius 3 is 2.48 bits per heavy atom. The minimum absolute atomic E-state index is 0.00472. The van der Waals surface area contributed by atoms with E-state index in [1.54, 1.807) is 0 Å². The van der Waals surface area contributed by atoms with Gasteiger partial charge in [-0.3, -0.25) is 4.79 Å². The van der Waals surface area contributed by atoms with E-state index in [1.165, 1.54) is 7.11 Å². The molecule has 0 aromatic carbocycles. The van der Waals surface area contributed by atoms with Crippen LogP contribution in [0.1, 0.15) is 52.4 Å². The second-order valence-electron chi connectivity index (χ2n) is 6.76. The molecule has 2 fully saturated rings. The lowest BCUT2D eigenvalue weighted by Crippen LogP contribution is -2.47. The molecule has 0 saturated heterocycles. The molecular formula is C15H27NO4S. The van der Waals surface area contributed by atoms with Crippen LogP contribution in [0.4, 0.5) is 0 Å². The van der Waals surface area contributed by atoms with Crippen molar-refractivity contribution in [3.8, 4) is 0 Å². The molecule has 0 amide bonds. The summed E-state index contributed by atoms with van der Waals surface area (Å²) in [5, 5.41) is -0.628. The van der Waals surface area contributed by atoms with Crippen LogP contribution in [-0.2, 0) is 19.6 Å². The Labute approximate surface area is 127 Å². The third-order valence-electron chi connectivity index (χ3n) is 5.10. The molecule has 5 unspecified atom stereocenters. The molecule has 2 aliphatic rings. The number of rotatable bonds is 4.